The van der Waals surface area contributed by atoms with Crippen molar-refractivity contribution < 1.29 is 18.2 Å². The molecule has 0 fully saturated rings. The van der Waals surface area contributed by atoms with Gasteiger partial charge in [-0.3, -0.25) is 0 Å². The van der Waals surface area contributed by atoms with Crippen molar-refractivity contribution in [2.24, 2.45) is 0 Å². The molecule has 2 rings (SSSR count). The van der Waals surface area contributed by atoms with E-state index < -0.39 is 36.7 Å². The average Bonchev–Trinajstić information content (AvgIpc) is 2.54. The maximum atomic E-state index is 12.2. The molecule has 5 nitrogen and oxygen atoms in total. The molecule has 0 unspecified atom stereocenters. The molecule has 0 heterocycles. The molecule has 2 aromatic rings. The molecule has 25 heavy (non-hydrogen) atoms. The summed E-state index contributed by atoms with van der Waals surface area (Å²) in [6, 6.07) is 12.8. The summed E-state index contributed by atoms with van der Waals surface area (Å²) >= 11 is -10.4. The Labute approximate surface area is 150 Å². The summed E-state index contributed by atoms with van der Waals surface area (Å²) in [7, 11) is 0. The SMILES string of the molecule is C#Cc1ccccc1C[Se](=O)(=O)O[Se](=O)(=O)Cc1ccccc1C#C. The number of hydrogen-bond donors (Lipinski definition) is 0. The van der Waals surface area contributed by atoms with Crippen LogP contribution >= 0.6 is 0 Å². The molecule has 0 bridgehead atoms. The van der Waals surface area contributed by atoms with E-state index in [-0.39, 0.29) is 0 Å². The fourth-order valence-electron chi connectivity index (χ4n) is 2.16. The summed E-state index contributed by atoms with van der Waals surface area (Å²) in [6.45, 7) is 0. The Hall–Kier alpha value is -2.24. The predicted molar refractivity (Wildman–Crippen MR) is 91.5 cm³/mol. The Bertz CT molecular complexity index is 981. The molecule has 128 valence electrons. The maximum absolute atomic E-state index is 12.2. The van der Waals surface area contributed by atoms with Gasteiger partial charge in [0, 0.05) is 0 Å². The summed E-state index contributed by atoms with van der Waals surface area (Å²) < 4.78 is 53.4. The first kappa shape index (κ1) is 19.1. The van der Waals surface area contributed by atoms with E-state index in [1.165, 1.54) is 12.1 Å². The fourth-order valence-corrected chi connectivity index (χ4v) is 10.2. The zero-order chi connectivity index (χ0) is 18.5. The fraction of sp³-hybridized carbons (Fsp3) is 0.111. The Morgan fingerprint density at radius 1 is 0.720 bits per heavy atom. The number of rotatable bonds is 6. The van der Waals surface area contributed by atoms with Crippen LogP contribution in [0.5, 0.6) is 0 Å². The van der Waals surface area contributed by atoms with E-state index in [1.54, 1.807) is 36.4 Å². The molecule has 0 saturated heterocycles. The molecule has 0 atom stereocenters. The van der Waals surface area contributed by atoms with Crippen molar-refractivity contribution in [3.63, 3.8) is 0 Å². The van der Waals surface area contributed by atoms with Crippen LogP contribution < -0.4 is 0 Å². The standard InChI is InChI=1S/C18H14O5Se2/c1-3-15-9-5-7-11-17(15)13-24(19,20)23-25(21,22)14-18-12-8-6-10-16(18)4-2/h1-2,5-12H,13-14H2. The van der Waals surface area contributed by atoms with Crippen LogP contribution in [0.25, 0.3) is 0 Å². The molecule has 0 aromatic heterocycles. The topological polar surface area (TPSA) is 77.5 Å². The van der Waals surface area contributed by atoms with E-state index in [0.717, 1.165) is 0 Å². The van der Waals surface area contributed by atoms with Crippen molar-refractivity contribution in [3.05, 3.63) is 70.8 Å². The van der Waals surface area contributed by atoms with Crippen LogP contribution in [0.15, 0.2) is 48.5 Å². The Morgan fingerprint density at radius 2 is 1.08 bits per heavy atom. The van der Waals surface area contributed by atoms with Gasteiger partial charge in [-0.15, -0.1) is 0 Å². The van der Waals surface area contributed by atoms with Crippen LogP contribution in [-0.2, 0) is 28.9 Å². The summed E-state index contributed by atoms with van der Waals surface area (Å²) in [6.07, 6.45) is 10.6. The number of hydrogen-bond acceptors (Lipinski definition) is 5. The first-order valence-electron chi connectivity index (χ1n) is 7.02. The summed E-state index contributed by atoms with van der Waals surface area (Å²) in [5.74, 6) is 4.72. The van der Waals surface area contributed by atoms with Gasteiger partial charge >= 0.3 is 150 Å². The second-order valence-electron chi connectivity index (χ2n) is 5.08. The third-order valence-corrected chi connectivity index (χ3v) is 11.4. The van der Waals surface area contributed by atoms with E-state index in [0.29, 0.717) is 22.3 Å². The molecule has 0 aliphatic carbocycles. The van der Waals surface area contributed by atoms with Gasteiger partial charge in [0.25, 0.3) is 0 Å². The van der Waals surface area contributed by atoms with Crippen LogP contribution in [0.2, 0.25) is 0 Å². The molecule has 0 N–H and O–H groups in total. The van der Waals surface area contributed by atoms with Gasteiger partial charge in [0.05, 0.1) is 0 Å². The molecule has 0 saturated carbocycles. The monoisotopic (exact) mass is 470 g/mol. The van der Waals surface area contributed by atoms with Gasteiger partial charge in [-0.05, 0) is 0 Å². The van der Waals surface area contributed by atoms with Gasteiger partial charge in [-0.1, -0.05) is 0 Å². The molecule has 2 aromatic carbocycles. The third kappa shape index (κ3) is 5.37. The van der Waals surface area contributed by atoms with Crippen molar-refractivity contribution in [1.29, 1.82) is 0 Å². The van der Waals surface area contributed by atoms with Gasteiger partial charge < -0.3 is 0 Å². The molecule has 0 aliphatic heterocycles. The van der Waals surface area contributed by atoms with E-state index in [9.17, 15) is 15.3 Å². The molecule has 0 radical (unpaired) electrons. The Balaban J connectivity index is 2.22. The van der Waals surface area contributed by atoms with Crippen LogP contribution in [0.1, 0.15) is 22.3 Å². The van der Waals surface area contributed by atoms with E-state index in [2.05, 4.69) is 14.7 Å². The summed E-state index contributed by atoms with van der Waals surface area (Å²) in [5.41, 5.74) is 1.41. The normalized spacial score (nSPS) is 11.4. The van der Waals surface area contributed by atoms with Crippen LogP contribution in [-0.4, -0.2) is 26.1 Å². The van der Waals surface area contributed by atoms with Crippen molar-refractivity contribution in [2.75, 3.05) is 0 Å². The van der Waals surface area contributed by atoms with Crippen LogP contribution in [0.3, 0.4) is 0 Å². The Morgan fingerprint density at radius 3 is 1.44 bits per heavy atom. The quantitative estimate of drug-likeness (QED) is 0.480. The average molecular weight is 468 g/mol. The molecular formula is C18H14O5Se2. The van der Waals surface area contributed by atoms with Gasteiger partial charge in [0.2, 0.25) is 0 Å². The predicted octanol–water partition coefficient (Wildman–Crippen LogP) is 2.13. The molecular weight excluding hydrogens is 454 g/mol. The molecule has 7 heteroatoms. The van der Waals surface area contributed by atoms with Gasteiger partial charge in [-0.25, -0.2) is 0 Å². The zero-order valence-corrected chi connectivity index (χ0v) is 16.5. The summed E-state index contributed by atoms with van der Waals surface area (Å²) in [4.78, 5) is 0. The van der Waals surface area contributed by atoms with E-state index in [4.69, 9.17) is 12.8 Å². The minimum atomic E-state index is -5.21. The van der Waals surface area contributed by atoms with Crippen molar-refractivity contribution in [3.8, 4) is 24.7 Å². The first-order chi connectivity index (χ1) is 11.8. The van der Waals surface area contributed by atoms with E-state index >= 15 is 0 Å². The Kier molecular flexibility index (Phi) is 5.93. The number of terminal acetylenes is 2. The second-order valence-corrected chi connectivity index (χ2v) is 12.7. The van der Waals surface area contributed by atoms with Gasteiger partial charge in [-0.2, -0.15) is 0 Å². The minimum absolute atomic E-state index is 0.326. The zero-order valence-electron chi connectivity index (χ0n) is 13.0. The van der Waals surface area contributed by atoms with Crippen molar-refractivity contribution in [1.82, 2.24) is 0 Å². The molecule has 0 spiro atoms. The van der Waals surface area contributed by atoms with Crippen LogP contribution in [0, 0.1) is 24.7 Å². The first-order valence-corrected chi connectivity index (χ1v) is 13.6. The van der Waals surface area contributed by atoms with E-state index in [1.807, 2.05) is 0 Å². The summed E-state index contributed by atoms with van der Waals surface area (Å²) in [5, 5.41) is -1.12. The molecule has 0 aliphatic rings. The second kappa shape index (κ2) is 7.76. The third-order valence-electron chi connectivity index (χ3n) is 3.22. The van der Waals surface area contributed by atoms with Crippen molar-refractivity contribution in [2.45, 2.75) is 10.6 Å². The van der Waals surface area contributed by atoms with Crippen LogP contribution in [0.4, 0.5) is 0 Å². The molecule has 0 amide bonds. The van der Waals surface area contributed by atoms with Gasteiger partial charge in [0.1, 0.15) is 0 Å². The van der Waals surface area contributed by atoms with Crippen molar-refractivity contribution >= 4 is 26.1 Å². The van der Waals surface area contributed by atoms with Gasteiger partial charge in [0.15, 0.2) is 0 Å². The number of benzene rings is 2.